The van der Waals surface area contributed by atoms with Gasteiger partial charge < -0.3 is 20.2 Å². The van der Waals surface area contributed by atoms with E-state index in [1.165, 1.54) is 0 Å². The van der Waals surface area contributed by atoms with Crippen molar-refractivity contribution in [2.24, 2.45) is 0 Å². The van der Waals surface area contributed by atoms with E-state index in [2.05, 4.69) is 0 Å². The molecule has 0 saturated heterocycles. The number of carbonyl (C=O) groups excluding carboxylic acids is 1. The molecule has 3 aromatic carbocycles. The van der Waals surface area contributed by atoms with Gasteiger partial charge in [-0.1, -0.05) is 72.8 Å². The zero-order chi connectivity index (χ0) is 30.2. The molecule has 0 aromatic heterocycles. The van der Waals surface area contributed by atoms with Crippen LogP contribution in [-0.2, 0) is 18.4 Å². The van der Waals surface area contributed by atoms with Crippen molar-refractivity contribution in [3.63, 3.8) is 0 Å². The Hall–Kier alpha value is -3.03. The van der Waals surface area contributed by atoms with Gasteiger partial charge in [-0.3, -0.25) is 9.69 Å². The Bertz CT molecular complexity index is 1250. The molecule has 0 heterocycles. The van der Waals surface area contributed by atoms with Crippen molar-refractivity contribution in [2.45, 2.75) is 84.2 Å². The highest BCUT2D eigenvalue weighted by Gasteiger charge is 2.34. The van der Waals surface area contributed by atoms with Crippen LogP contribution in [0.1, 0.15) is 86.8 Å². The van der Waals surface area contributed by atoms with Crippen molar-refractivity contribution in [3.8, 4) is 0 Å². The monoisotopic (exact) mass is 560 g/mol. The summed E-state index contributed by atoms with van der Waals surface area (Å²) in [5.41, 5.74) is 3.36. The Morgan fingerprint density at radius 1 is 0.829 bits per heavy atom. The molecule has 2 atom stereocenters. The molecule has 3 N–H and O–H groups in total. The highest BCUT2D eigenvalue weighted by Crippen LogP contribution is 2.35. The predicted molar refractivity (Wildman–Crippen MR) is 166 cm³/mol. The summed E-state index contributed by atoms with van der Waals surface area (Å²) < 4.78 is 0. The second-order valence-corrected chi connectivity index (χ2v) is 12.2. The van der Waals surface area contributed by atoms with Gasteiger partial charge in [-0.05, 0) is 89.1 Å². The maximum absolute atomic E-state index is 13.4. The van der Waals surface area contributed by atoms with Crippen LogP contribution in [-0.4, -0.2) is 62.4 Å². The maximum atomic E-state index is 13.4. The van der Waals surface area contributed by atoms with E-state index in [4.69, 9.17) is 0 Å². The van der Waals surface area contributed by atoms with Gasteiger partial charge in [0.2, 0.25) is 0 Å². The van der Waals surface area contributed by atoms with E-state index in [1.807, 2.05) is 130 Å². The molecule has 0 bridgehead atoms. The second-order valence-electron chi connectivity index (χ2n) is 12.2. The molecule has 3 aromatic rings. The molecular weight excluding hydrogens is 512 g/mol. The van der Waals surface area contributed by atoms with E-state index >= 15 is 0 Å². The van der Waals surface area contributed by atoms with Crippen molar-refractivity contribution in [1.82, 2.24) is 9.80 Å². The van der Waals surface area contributed by atoms with Gasteiger partial charge in [0.05, 0.1) is 12.7 Å². The van der Waals surface area contributed by atoms with Crippen molar-refractivity contribution < 1.29 is 20.1 Å². The molecular formula is C35H48N2O4. The van der Waals surface area contributed by atoms with Crippen molar-refractivity contribution in [3.05, 3.63) is 107 Å². The lowest BCUT2D eigenvalue weighted by Gasteiger charge is -2.42. The lowest BCUT2D eigenvalue weighted by atomic mass is 9.89. The molecule has 3 rings (SSSR count). The zero-order valence-corrected chi connectivity index (χ0v) is 25.5. The molecule has 222 valence electrons. The average Bonchev–Trinajstić information content (AvgIpc) is 2.95. The van der Waals surface area contributed by atoms with E-state index in [-0.39, 0.29) is 24.6 Å². The first-order valence-corrected chi connectivity index (χ1v) is 14.7. The first kappa shape index (κ1) is 32.5. The van der Waals surface area contributed by atoms with Crippen molar-refractivity contribution >= 4 is 5.91 Å². The minimum atomic E-state index is -0.975. The molecule has 0 saturated carbocycles. The highest BCUT2D eigenvalue weighted by molar-refractivity contribution is 5.96. The molecule has 0 aliphatic rings. The summed E-state index contributed by atoms with van der Waals surface area (Å²) in [4.78, 5) is 17.2. The molecule has 0 spiro atoms. The minimum absolute atomic E-state index is 0.00330. The van der Waals surface area contributed by atoms with Crippen LogP contribution in [0.25, 0.3) is 0 Å². The molecule has 0 radical (unpaired) electrons. The van der Waals surface area contributed by atoms with Crippen LogP contribution in [0, 0.1) is 0 Å². The van der Waals surface area contributed by atoms with Crippen LogP contribution in [0.4, 0.5) is 0 Å². The molecule has 0 aliphatic carbocycles. The number of rotatable bonds is 13. The number of hydrogen-bond donors (Lipinski definition) is 3. The molecule has 0 fully saturated rings. The smallest absolute Gasteiger partial charge is 0.254 e. The van der Waals surface area contributed by atoms with E-state index < -0.39 is 17.9 Å². The molecule has 1 amide bonds. The standard InChI is InChI=1S/C35H48N2O4/c1-7-36(34(2,3)4)32(40)30-19-13-11-15-26(30)21-22-29(39)25-27-16-12-14-20-31(27)33(41)37(23-24-38)35(5,6)28-17-9-8-10-18-28/h8-20,29,33,38-39,41H,7,21-25H2,1-6H3. The first-order valence-electron chi connectivity index (χ1n) is 14.7. The molecule has 41 heavy (non-hydrogen) atoms. The van der Waals surface area contributed by atoms with Crippen LogP contribution in [0.3, 0.4) is 0 Å². The van der Waals surface area contributed by atoms with Crippen LogP contribution in [0.2, 0.25) is 0 Å². The number of nitrogens with zero attached hydrogens (tertiary/aromatic N) is 2. The number of benzene rings is 3. The fourth-order valence-corrected chi connectivity index (χ4v) is 5.66. The van der Waals surface area contributed by atoms with Crippen LogP contribution >= 0.6 is 0 Å². The topological polar surface area (TPSA) is 84.2 Å². The van der Waals surface area contributed by atoms with Crippen LogP contribution < -0.4 is 0 Å². The van der Waals surface area contributed by atoms with Gasteiger partial charge in [-0.2, -0.15) is 0 Å². The fraction of sp³-hybridized carbons (Fsp3) is 0.457. The number of hydrogen-bond acceptors (Lipinski definition) is 5. The zero-order valence-electron chi connectivity index (χ0n) is 25.5. The Kier molecular flexibility index (Phi) is 11.3. The van der Waals surface area contributed by atoms with Gasteiger partial charge in [-0.15, -0.1) is 0 Å². The van der Waals surface area contributed by atoms with Gasteiger partial charge in [0.1, 0.15) is 6.23 Å². The summed E-state index contributed by atoms with van der Waals surface area (Å²) in [6, 6.07) is 25.2. The van der Waals surface area contributed by atoms with Gasteiger partial charge in [0, 0.05) is 29.7 Å². The van der Waals surface area contributed by atoms with Crippen LogP contribution in [0.15, 0.2) is 78.9 Å². The Morgan fingerprint density at radius 3 is 2.02 bits per heavy atom. The highest BCUT2D eigenvalue weighted by atomic mass is 16.3. The summed E-state index contributed by atoms with van der Waals surface area (Å²) in [6.07, 6.45) is -0.230. The fourth-order valence-electron chi connectivity index (χ4n) is 5.66. The van der Waals surface area contributed by atoms with Crippen molar-refractivity contribution in [1.29, 1.82) is 0 Å². The lowest BCUT2D eigenvalue weighted by Crippen LogP contribution is -2.45. The predicted octanol–water partition coefficient (Wildman–Crippen LogP) is 5.70. The molecule has 6 nitrogen and oxygen atoms in total. The van der Waals surface area contributed by atoms with E-state index in [9.17, 15) is 20.1 Å². The quantitative estimate of drug-likeness (QED) is 0.234. The summed E-state index contributed by atoms with van der Waals surface area (Å²) in [6.45, 7) is 13.0. The number of aryl methyl sites for hydroxylation is 1. The summed E-state index contributed by atoms with van der Waals surface area (Å²) in [5, 5.41) is 32.6. The Labute approximate surface area is 246 Å². The van der Waals surface area contributed by atoms with Crippen LogP contribution in [0.5, 0.6) is 0 Å². The molecule has 6 heteroatoms. The second kappa shape index (κ2) is 14.2. The van der Waals surface area contributed by atoms with Gasteiger partial charge in [0.15, 0.2) is 0 Å². The first-order chi connectivity index (χ1) is 19.4. The normalized spacial score (nSPS) is 13.7. The summed E-state index contributed by atoms with van der Waals surface area (Å²) in [7, 11) is 0. The van der Waals surface area contributed by atoms with E-state index in [0.717, 1.165) is 16.7 Å². The third kappa shape index (κ3) is 8.04. The van der Waals surface area contributed by atoms with Gasteiger partial charge in [-0.25, -0.2) is 0 Å². The Morgan fingerprint density at radius 2 is 1.41 bits per heavy atom. The third-order valence-corrected chi connectivity index (χ3v) is 7.99. The maximum Gasteiger partial charge on any atom is 0.254 e. The third-order valence-electron chi connectivity index (χ3n) is 7.99. The van der Waals surface area contributed by atoms with E-state index in [1.54, 1.807) is 0 Å². The number of carbonyl (C=O) groups is 1. The number of aliphatic hydroxyl groups excluding tert-OH is 3. The lowest BCUT2D eigenvalue weighted by molar-refractivity contribution is -0.0705. The van der Waals surface area contributed by atoms with Crippen molar-refractivity contribution in [2.75, 3.05) is 19.7 Å². The average molecular weight is 561 g/mol. The molecule has 0 aliphatic heterocycles. The molecule has 2 unspecified atom stereocenters. The van der Waals surface area contributed by atoms with Gasteiger partial charge in [0.25, 0.3) is 5.91 Å². The van der Waals surface area contributed by atoms with E-state index in [0.29, 0.717) is 36.9 Å². The summed E-state index contributed by atoms with van der Waals surface area (Å²) in [5.74, 6) is 0.00330. The summed E-state index contributed by atoms with van der Waals surface area (Å²) >= 11 is 0. The van der Waals surface area contributed by atoms with Gasteiger partial charge >= 0.3 is 0 Å². The number of aliphatic hydroxyl groups is 3. The SMILES string of the molecule is CCN(C(=O)c1ccccc1CCC(O)Cc1ccccc1C(O)N(CCO)C(C)(C)c1ccccc1)C(C)(C)C. The largest absolute Gasteiger partial charge is 0.395 e. The Balaban J connectivity index is 1.78. The minimum Gasteiger partial charge on any atom is -0.395 e. The number of amides is 1.